The van der Waals surface area contributed by atoms with E-state index in [0.717, 1.165) is 19.3 Å². The van der Waals surface area contributed by atoms with E-state index in [-0.39, 0.29) is 89.9 Å². The minimum absolute atomic E-state index is 0.0263. The van der Waals surface area contributed by atoms with E-state index < -0.39 is 48.4 Å². The molecule has 0 aromatic heterocycles. The van der Waals surface area contributed by atoms with Gasteiger partial charge >= 0.3 is 0 Å². The Morgan fingerprint density at radius 2 is 1.55 bits per heavy atom. The van der Waals surface area contributed by atoms with E-state index in [4.69, 9.17) is 9.47 Å². The van der Waals surface area contributed by atoms with E-state index in [1.54, 1.807) is 49.8 Å². The molecule has 16 nitrogen and oxygen atoms in total. The Hall–Kier alpha value is -4.67. The molecule has 4 aliphatic rings. The zero-order valence-corrected chi connectivity index (χ0v) is 41.5. The molecule has 1 aromatic rings. The second-order valence-electron chi connectivity index (χ2n) is 19.9. The average Bonchev–Trinajstić information content (AvgIpc) is 4.10. The molecular weight excluding hydrogens is 857 g/mol. The number of carbonyl (C=O) groups excluding carboxylic acids is 7. The Labute approximate surface area is 397 Å². The molecule has 372 valence electrons. The minimum atomic E-state index is -0.913. The molecule has 2 bridgehead atoms. The molecule has 2 saturated heterocycles. The first-order valence-electron chi connectivity index (χ1n) is 24.7. The predicted molar refractivity (Wildman–Crippen MR) is 253 cm³/mol. The van der Waals surface area contributed by atoms with Gasteiger partial charge in [0.15, 0.2) is 0 Å². The summed E-state index contributed by atoms with van der Waals surface area (Å²) < 4.78 is 12.0. The fraction of sp³-hybridized carbons (Fsp3) is 0.706. The molecule has 1 saturated carbocycles. The number of nitrogens with one attached hydrogen (secondary N) is 2. The quantitative estimate of drug-likeness (QED) is 0.0989. The van der Waals surface area contributed by atoms with Crippen LogP contribution in [0.4, 0.5) is 0 Å². The SMILES string of the molecule is CC[C@H](C)[C@@H]([C@@H](CC(=O)N1CCC[C@H]1[C@H](OC)[C@@H](C)C(=O)N[C@H](C)[C@@H](O)c1ccccc1)OC)N(C)C(=O)[C@@H](NC(=O)[C@@H]1C2CCC([C@H]2C)N1C(=O)CCCCCN1C(=O)C=CC1=O)C(C)C. The number of hydrogen-bond acceptors (Lipinski definition) is 10. The number of carbonyl (C=O) groups is 7. The van der Waals surface area contributed by atoms with E-state index in [0.29, 0.717) is 50.8 Å². The van der Waals surface area contributed by atoms with Gasteiger partial charge in [-0.25, -0.2) is 0 Å². The Kier molecular flexibility index (Phi) is 19.1. The van der Waals surface area contributed by atoms with Crippen LogP contribution in [0.25, 0.3) is 0 Å². The molecule has 3 N–H and O–H groups in total. The van der Waals surface area contributed by atoms with Crippen LogP contribution in [0.3, 0.4) is 0 Å². The highest BCUT2D eigenvalue weighted by Gasteiger charge is 2.56. The lowest BCUT2D eigenvalue weighted by molar-refractivity contribution is -0.149. The summed E-state index contributed by atoms with van der Waals surface area (Å²) in [5, 5.41) is 17.0. The Balaban J connectivity index is 1.23. The highest BCUT2D eigenvalue weighted by atomic mass is 16.5. The van der Waals surface area contributed by atoms with Gasteiger partial charge in [0.2, 0.25) is 29.5 Å². The van der Waals surface area contributed by atoms with Gasteiger partial charge in [0.1, 0.15) is 12.1 Å². The monoisotopic (exact) mass is 935 g/mol. The third-order valence-corrected chi connectivity index (χ3v) is 15.3. The maximum Gasteiger partial charge on any atom is 0.253 e. The van der Waals surface area contributed by atoms with Crippen molar-refractivity contribution < 1.29 is 48.1 Å². The van der Waals surface area contributed by atoms with Gasteiger partial charge in [-0.3, -0.25) is 38.5 Å². The van der Waals surface area contributed by atoms with Gasteiger partial charge < -0.3 is 39.9 Å². The lowest BCUT2D eigenvalue weighted by Crippen LogP contribution is -2.60. The first-order chi connectivity index (χ1) is 31.9. The molecule has 0 spiro atoms. The van der Waals surface area contributed by atoms with Crippen molar-refractivity contribution >= 4 is 41.4 Å². The van der Waals surface area contributed by atoms with Gasteiger partial charge in [0, 0.05) is 59.0 Å². The van der Waals surface area contributed by atoms with Crippen molar-refractivity contribution in [2.45, 2.75) is 167 Å². The topological polar surface area (TPSA) is 195 Å². The summed E-state index contributed by atoms with van der Waals surface area (Å²) in [5.74, 6) is -2.83. The molecule has 7 amide bonds. The van der Waals surface area contributed by atoms with Crippen molar-refractivity contribution in [2.24, 2.45) is 29.6 Å². The van der Waals surface area contributed by atoms with Crippen LogP contribution in [-0.4, -0.2) is 149 Å². The van der Waals surface area contributed by atoms with Crippen molar-refractivity contribution in [2.75, 3.05) is 34.4 Å². The fourth-order valence-electron chi connectivity index (χ4n) is 11.2. The van der Waals surface area contributed by atoms with Gasteiger partial charge in [-0.05, 0) is 74.7 Å². The van der Waals surface area contributed by atoms with Gasteiger partial charge in [0.05, 0.1) is 48.8 Å². The van der Waals surface area contributed by atoms with Crippen LogP contribution >= 0.6 is 0 Å². The summed E-state index contributed by atoms with van der Waals surface area (Å²) in [7, 11) is 4.79. The summed E-state index contributed by atoms with van der Waals surface area (Å²) in [6.07, 6.45) is 5.96. The number of aliphatic hydroxyl groups is 1. The number of rotatable bonds is 24. The molecule has 5 rings (SSSR count). The number of hydrogen-bond donors (Lipinski definition) is 3. The number of nitrogens with zero attached hydrogens (tertiary/aromatic N) is 4. The van der Waals surface area contributed by atoms with Crippen molar-refractivity contribution in [1.29, 1.82) is 0 Å². The van der Waals surface area contributed by atoms with Gasteiger partial charge in [-0.2, -0.15) is 0 Å². The largest absolute Gasteiger partial charge is 0.386 e. The number of likely N-dealkylation sites (tertiary alicyclic amines) is 2. The van der Waals surface area contributed by atoms with Crippen LogP contribution in [0.1, 0.15) is 124 Å². The van der Waals surface area contributed by atoms with E-state index in [2.05, 4.69) is 17.6 Å². The first kappa shape index (κ1) is 53.3. The van der Waals surface area contributed by atoms with Crippen molar-refractivity contribution in [3.05, 3.63) is 48.0 Å². The molecule has 0 radical (unpaired) electrons. The lowest BCUT2D eigenvalue weighted by atomic mass is 9.89. The van der Waals surface area contributed by atoms with Crippen LogP contribution < -0.4 is 10.6 Å². The molecule has 2 unspecified atom stereocenters. The predicted octanol–water partition coefficient (Wildman–Crippen LogP) is 4.40. The number of likely N-dealkylation sites (N-methyl/N-ethyl adjacent to an activating group) is 1. The third-order valence-electron chi connectivity index (χ3n) is 15.3. The van der Waals surface area contributed by atoms with E-state index >= 15 is 0 Å². The molecule has 3 heterocycles. The van der Waals surface area contributed by atoms with Crippen LogP contribution in [-0.2, 0) is 43.0 Å². The zero-order chi connectivity index (χ0) is 49.3. The van der Waals surface area contributed by atoms with Gasteiger partial charge in [-0.15, -0.1) is 0 Å². The molecular formula is C51H78N6O10. The number of aliphatic hydroxyl groups excluding tert-OH is 1. The minimum Gasteiger partial charge on any atom is -0.386 e. The Morgan fingerprint density at radius 1 is 0.881 bits per heavy atom. The smallest absolute Gasteiger partial charge is 0.253 e. The Bertz CT molecular complexity index is 1910. The number of methoxy groups -OCH3 is 2. The number of imide groups is 1. The fourth-order valence-corrected chi connectivity index (χ4v) is 11.2. The normalized spacial score (nSPS) is 24.9. The molecule has 1 aromatic carbocycles. The number of benzene rings is 1. The number of unbranched alkanes of at least 4 members (excludes halogenated alkanes) is 2. The van der Waals surface area contributed by atoms with Crippen LogP contribution in [0, 0.1) is 29.6 Å². The zero-order valence-electron chi connectivity index (χ0n) is 41.5. The molecule has 3 aliphatic heterocycles. The van der Waals surface area contributed by atoms with Crippen LogP contribution in [0.2, 0.25) is 0 Å². The second-order valence-corrected chi connectivity index (χ2v) is 19.9. The summed E-state index contributed by atoms with van der Waals surface area (Å²) in [4.78, 5) is 101. The molecule has 67 heavy (non-hydrogen) atoms. The summed E-state index contributed by atoms with van der Waals surface area (Å²) in [6, 6.07) is 5.96. The van der Waals surface area contributed by atoms with Crippen LogP contribution in [0.5, 0.6) is 0 Å². The van der Waals surface area contributed by atoms with Crippen LogP contribution in [0.15, 0.2) is 42.5 Å². The number of amides is 7. The van der Waals surface area contributed by atoms with Crippen molar-refractivity contribution in [3.8, 4) is 0 Å². The average molecular weight is 935 g/mol. The van der Waals surface area contributed by atoms with Gasteiger partial charge in [0.25, 0.3) is 11.8 Å². The number of piperidine rings is 1. The van der Waals surface area contributed by atoms with Crippen molar-refractivity contribution in [3.63, 3.8) is 0 Å². The summed E-state index contributed by atoms with van der Waals surface area (Å²) >= 11 is 0. The highest BCUT2D eigenvalue weighted by molar-refractivity contribution is 6.12. The van der Waals surface area contributed by atoms with E-state index in [1.807, 2.05) is 58.0 Å². The molecule has 3 fully saturated rings. The van der Waals surface area contributed by atoms with Gasteiger partial charge in [-0.1, -0.05) is 84.7 Å². The van der Waals surface area contributed by atoms with E-state index in [9.17, 15) is 38.7 Å². The summed E-state index contributed by atoms with van der Waals surface area (Å²) in [6.45, 7) is 14.2. The number of ether oxygens (including phenoxy) is 2. The maximum absolute atomic E-state index is 14.7. The van der Waals surface area contributed by atoms with E-state index in [1.165, 1.54) is 17.1 Å². The Morgan fingerprint density at radius 3 is 2.16 bits per heavy atom. The molecule has 1 aliphatic carbocycles. The second kappa shape index (κ2) is 24.1. The third kappa shape index (κ3) is 12.1. The standard InChI is InChI=1S/C51H78N6O10/c1-11-31(4)45(39(66-9)29-43(61)55-28-18-21-38(55)48(67-10)33(6)49(63)52-34(7)47(62)35-19-14-12-15-20-35)54(8)51(65)44(30(2)3)53-50(64)46-36-23-24-37(32(36)5)57(46)42(60)22-16-13-17-27-56-40(58)25-26-41(56)59/h12,14-15,19-20,25-26,30-34,36-39,44-48,62H,11,13,16-18,21-24,27-29H2,1-10H3,(H,52,63)(H,53,64)/t31-,32-,33+,34+,36?,37?,38-,39+,44-,45-,46-,47+,48+/m0/s1. The molecule has 16 heteroatoms. The van der Waals surface area contributed by atoms with Crippen molar-refractivity contribution in [1.82, 2.24) is 30.2 Å². The lowest BCUT2D eigenvalue weighted by Gasteiger charge is -2.41. The molecule has 13 atom stereocenters. The highest BCUT2D eigenvalue weighted by Crippen LogP contribution is 2.47. The maximum atomic E-state index is 14.7. The first-order valence-corrected chi connectivity index (χ1v) is 24.7. The summed E-state index contributed by atoms with van der Waals surface area (Å²) in [5.41, 5.74) is 0.692. The number of fused-ring (bicyclic) bond motifs is 2.